The van der Waals surface area contributed by atoms with E-state index in [1.807, 2.05) is 0 Å². The van der Waals surface area contributed by atoms with Crippen LogP contribution in [-0.2, 0) is 13.8 Å². The number of phosphoric acid groups is 1. The summed E-state index contributed by atoms with van der Waals surface area (Å²) in [6, 6.07) is 6.54. The predicted molar refractivity (Wildman–Crippen MR) is 102 cm³/mol. The van der Waals surface area contributed by atoms with Crippen LogP contribution in [0.3, 0.4) is 0 Å². The van der Waals surface area contributed by atoms with E-state index in [2.05, 4.69) is 15.0 Å². The number of benzene rings is 1. The number of para-hydroxylation sites is 1. The van der Waals surface area contributed by atoms with Crippen molar-refractivity contribution in [1.29, 1.82) is 0 Å². The predicted octanol–water partition coefficient (Wildman–Crippen LogP) is 0.978. The molecule has 0 amide bonds. The Labute approximate surface area is 168 Å². The first kappa shape index (κ1) is 21.8. The van der Waals surface area contributed by atoms with Gasteiger partial charge in [-0.25, -0.2) is 9.36 Å². The number of aromatic amines is 1. The molecular weight excluding hydrogens is 421 g/mol. The van der Waals surface area contributed by atoms with Gasteiger partial charge in [0.2, 0.25) is 0 Å². The first-order chi connectivity index (χ1) is 14.2. The van der Waals surface area contributed by atoms with Crippen LogP contribution < -0.4 is 15.8 Å². The number of H-pyrrole nitrogens is 1. The van der Waals surface area contributed by atoms with Gasteiger partial charge in [-0.2, -0.15) is 0 Å². The average Bonchev–Trinajstić information content (AvgIpc) is 3.00. The fourth-order valence-electron chi connectivity index (χ4n) is 2.88. The van der Waals surface area contributed by atoms with Crippen LogP contribution in [0.2, 0.25) is 0 Å². The quantitative estimate of drug-likeness (QED) is 0.246. The summed E-state index contributed by atoms with van der Waals surface area (Å²) in [6.45, 7) is 0.861. The molecule has 160 valence electrons. The third-order valence-corrected chi connectivity index (χ3v) is 5.23. The minimum absolute atomic E-state index is 0.0930. The molecule has 13 nitrogen and oxygen atoms in total. The molecule has 0 spiro atoms. The van der Waals surface area contributed by atoms with Gasteiger partial charge in [-0.3, -0.25) is 23.8 Å². The maximum atomic E-state index is 12.2. The molecule has 5 atom stereocenters. The van der Waals surface area contributed by atoms with E-state index in [9.17, 15) is 24.2 Å². The topological polar surface area (TPSA) is 189 Å². The number of aromatic nitrogens is 2. The van der Waals surface area contributed by atoms with Gasteiger partial charge in [0, 0.05) is 16.7 Å². The summed E-state index contributed by atoms with van der Waals surface area (Å²) >= 11 is 0. The summed E-state index contributed by atoms with van der Waals surface area (Å²) in [6.07, 6.45) is -2.82. The Morgan fingerprint density at radius 1 is 1.37 bits per heavy atom. The molecule has 1 fully saturated rings. The van der Waals surface area contributed by atoms with Gasteiger partial charge in [-0.15, -0.1) is 0 Å². The van der Waals surface area contributed by atoms with Crippen LogP contribution >= 0.6 is 7.82 Å². The second-order valence-corrected chi connectivity index (χ2v) is 7.78. The van der Waals surface area contributed by atoms with Gasteiger partial charge in [0.1, 0.15) is 11.9 Å². The maximum Gasteiger partial charge on any atom is 0.527 e. The number of aryl methyl sites for hydroxylation is 1. The van der Waals surface area contributed by atoms with E-state index < -0.39 is 50.2 Å². The first-order valence-electron chi connectivity index (χ1n) is 8.63. The lowest BCUT2D eigenvalue weighted by Crippen LogP contribution is -2.38. The molecular formula is C16H18N5O8P. The molecule has 2 unspecified atom stereocenters. The van der Waals surface area contributed by atoms with Crippen molar-refractivity contribution >= 4 is 7.82 Å². The Balaban J connectivity index is 1.78. The number of aliphatic hydroxyl groups is 1. The zero-order valence-electron chi connectivity index (χ0n) is 15.6. The number of nitrogens with zero attached hydrogens (tertiary/aromatic N) is 4. The van der Waals surface area contributed by atoms with E-state index in [0.29, 0.717) is 0 Å². The molecule has 0 radical (unpaired) electrons. The molecule has 1 saturated heterocycles. The molecule has 1 aliphatic heterocycles. The highest BCUT2D eigenvalue weighted by Gasteiger charge is 2.45. The Hall–Kier alpha value is -2.92. The molecule has 30 heavy (non-hydrogen) atoms. The highest BCUT2D eigenvalue weighted by molar-refractivity contribution is 7.47. The van der Waals surface area contributed by atoms with Crippen LogP contribution in [-0.4, -0.2) is 44.4 Å². The molecule has 0 bridgehead atoms. The molecule has 0 aliphatic carbocycles. The zero-order valence-corrected chi connectivity index (χ0v) is 16.5. The van der Waals surface area contributed by atoms with Crippen molar-refractivity contribution in [3.05, 3.63) is 73.4 Å². The van der Waals surface area contributed by atoms with Gasteiger partial charge in [-0.05, 0) is 24.6 Å². The number of aliphatic hydroxyl groups excluding tert-OH is 1. The normalized spacial score (nSPS) is 25.3. The summed E-state index contributed by atoms with van der Waals surface area (Å²) in [5, 5.41) is 13.9. The fourth-order valence-corrected chi connectivity index (χ4v) is 3.66. The van der Waals surface area contributed by atoms with Gasteiger partial charge in [0.15, 0.2) is 6.23 Å². The average molecular weight is 439 g/mol. The van der Waals surface area contributed by atoms with E-state index in [1.165, 1.54) is 25.3 Å². The van der Waals surface area contributed by atoms with Gasteiger partial charge in [0.25, 0.3) is 5.56 Å². The van der Waals surface area contributed by atoms with E-state index in [0.717, 1.165) is 4.57 Å². The van der Waals surface area contributed by atoms with Gasteiger partial charge in [0.05, 0.1) is 18.8 Å². The number of ether oxygens (including phenoxy) is 1. The van der Waals surface area contributed by atoms with Crippen molar-refractivity contribution in [3.8, 4) is 5.75 Å². The number of phosphoric ester groups is 1. The van der Waals surface area contributed by atoms with Crippen molar-refractivity contribution in [1.82, 2.24) is 9.55 Å². The van der Waals surface area contributed by atoms with Crippen LogP contribution in [0.25, 0.3) is 10.4 Å². The minimum Gasteiger partial charge on any atom is -0.404 e. The summed E-state index contributed by atoms with van der Waals surface area (Å²) < 4.78 is 28.5. The molecule has 1 aliphatic rings. The van der Waals surface area contributed by atoms with Gasteiger partial charge < -0.3 is 14.4 Å². The van der Waals surface area contributed by atoms with Crippen molar-refractivity contribution in [2.75, 3.05) is 6.61 Å². The van der Waals surface area contributed by atoms with Crippen LogP contribution in [0.15, 0.2) is 51.2 Å². The van der Waals surface area contributed by atoms with E-state index in [-0.39, 0.29) is 11.3 Å². The lowest BCUT2D eigenvalue weighted by atomic mass is 10.1. The number of hydrogen-bond acceptors (Lipinski definition) is 8. The molecule has 1 aromatic heterocycles. The second-order valence-electron chi connectivity index (χ2n) is 6.40. The Bertz CT molecular complexity index is 1110. The zero-order chi connectivity index (χ0) is 21.9. The highest BCUT2D eigenvalue weighted by atomic mass is 31.2. The fraction of sp³-hybridized carbons (Fsp3) is 0.375. The van der Waals surface area contributed by atoms with Crippen molar-refractivity contribution in [3.63, 3.8) is 0 Å². The number of hydrogen-bond donors (Lipinski definition) is 3. The number of nitrogens with one attached hydrogen (secondary N) is 1. The van der Waals surface area contributed by atoms with Crippen LogP contribution in [0.4, 0.5) is 0 Å². The lowest BCUT2D eigenvalue weighted by molar-refractivity contribution is -0.0524. The molecule has 2 heterocycles. The molecule has 0 saturated carbocycles. The maximum absolute atomic E-state index is 12.2. The molecule has 1 aromatic carbocycles. The minimum atomic E-state index is -4.56. The summed E-state index contributed by atoms with van der Waals surface area (Å²) in [4.78, 5) is 38.2. The molecule has 3 rings (SSSR count). The third kappa shape index (κ3) is 4.79. The molecule has 3 N–H and O–H groups in total. The standard InChI is InChI=1S/C16H18N5O8P/c1-9-7-21(16(24)18-14(9)23)15-13(22)12(19-20-17)11(28-15)8-27-30(25,26)29-10-5-3-2-4-6-10/h2-7,11-13,15,22H,8H2,1H3,(H,25,26)(H,18,23,24)/t11-,12?,13+,15-/m1/s1. The van der Waals surface area contributed by atoms with Crippen LogP contribution in [0.5, 0.6) is 5.75 Å². The van der Waals surface area contributed by atoms with E-state index in [4.69, 9.17) is 19.3 Å². The summed E-state index contributed by atoms with van der Waals surface area (Å²) in [7, 11) is -4.56. The SMILES string of the molecule is Cc1cn([C@@H]2O[C@H](COP(=O)(O)Oc3ccccc3)C(N=[N+]=[N-])[C@@H]2O)c(=O)[nH]c1=O. The highest BCUT2D eigenvalue weighted by Crippen LogP contribution is 2.45. The first-order valence-corrected chi connectivity index (χ1v) is 10.1. The van der Waals surface area contributed by atoms with Crippen molar-refractivity contribution in [2.45, 2.75) is 31.4 Å². The van der Waals surface area contributed by atoms with Gasteiger partial charge >= 0.3 is 13.5 Å². The van der Waals surface area contributed by atoms with Crippen molar-refractivity contribution < 1.29 is 28.3 Å². The largest absolute Gasteiger partial charge is 0.527 e. The van der Waals surface area contributed by atoms with Crippen LogP contribution in [0.1, 0.15) is 11.8 Å². The summed E-state index contributed by atoms with van der Waals surface area (Å²) in [5.74, 6) is 0.0930. The second kappa shape index (κ2) is 8.84. The number of azide groups is 1. The number of rotatable bonds is 7. The Kier molecular flexibility index (Phi) is 6.42. The van der Waals surface area contributed by atoms with Crippen LogP contribution in [0, 0.1) is 6.92 Å². The monoisotopic (exact) mass is 439 g/mol. The van der Waals surface area contributed by atoms with Gasteiger partial charge in [-0.1, -0.05) is 23.3 Å². The lowest BCUT2D eigenvalue weighted by Gasteiger charge is -2.18. The Morgan fingerprint density at radius 2 is 2.07 bits per heavy atom. The molecule has 14 heteroatoms. The third-order valence-electron chi connectivity index (χ3n) is 4.31. The smallest absolute Gasteiger partial charge is 0.404 e. The van der Waals surface area contributed by atoms with E-state index >= 15 is 0 Å². The molecule has 2 aromatic rings. The van der Waals surface area contributed by atoms with E-state index in [1.54, 1.807) is 18.2 Å². The summed E-state index contributed by atoms with van der Waals surface area (Å²) in [5.41, 5.74) is 7.51. The Morgan fingerprint density at radius 3 is 2.73 bits per heavy atom. The van der Waals surface area contributed by atoms with Crippen molar-refractivity contribution in [2.24, 2.45) is 5.11 Å².